The van der Waals surface area contributed by atoms with E-state index >= 15 is 0 Å². The highest BCUT2D eigenvalue weighted by Gasteiger charge is 2.44. The third kappa shape index (κ3) is 2.37. The van der Waals surface area contributed by atoms with Crippen molar-refractivity contribution in [1.82, 2.24) is 14.5 Å². The van der Waals surface area contributed by atoms with Gasteiger partial charge in [-0.1, -0.05) is 0 Å². The first-order chi connectivity index (χ1) is 10.1. The molecule has 3 N–H and O–H groups in total. The largest absolute Gasteiger partial charge is 0.394 e. The van der Waals surface area contributed by atoms with Gasteiger partial charge < -0.3 is 24.6 Å². The summed E-state index contributed by atoms with van der Waals surface area (Å²) in [6.45, 7) is -0.361. The van der Waals surface area contributed by atoms with Gasteiger partial charge in [0.15, 0.2) is 6.23 Å². The zero-order valence-corrected chi connectivity index (χ0v) is 13.5. The van der Waals surface area contributed by atoms with E-state index in [1.54, 1.807) is 10.8 Å². The van der Waals surface area contributed by atoms with Gasteiger partial charge >= 0.3 is 0 Å². The number of thioether (sulfide) groups is 1. The standard InChI is InChI=1S/C12H14BrN3O4S/c1-21-11-7-5(13)2-16(10(7)14-4-15-11)12-9(19)8(18)6(3-17)20-12/h2,4,6,8-9,12,17-19H,3H2,1H3/t6-,8+,9+,12-/m0/s1. The molecule has 3 rings (SSSR count). The maximum Gasteiger partial charge on any atom is 0.164 e. The second-order valence-corrected chi connectivity index (χ2v) is 6.34. The van der Waals surface area contributed by atoms with E-state index in [4.69, 9.17) is 4.74 Å². The number of aromatic nitrogens is 3. The fourth-order valence-electron chi connectivity index (χ4n) is 2.47. The molecule has 7 nitrogen and oxygen atoms in total. The lowest BCUT2D eigenvalue weighted by molar-refractivity contribution is -0.0509. The van der Waals surface area contributed by atoms with E-state index in [0.29, 0.717) is 5.65 Å². The molecule has 0 spiro atoms. The number of aliphatic hydroxyl groups is 3. The Morgan fingerprint density at radius 1 is 1.38 bits per heavy atom. The van der Waals surface area contributed by atoms with Crippen molar-refractivity contribution >= 4 is 38.7 Å². The Bertz CT molecular complexity index is 667. The van der Waals surface area contributed by atoms with Crippen molar-refractivity contribution in [3.63, 3.8) is 0 Å². The minimum Gasteiger partial charge on any atom is -0.394 e. The second-order valence-electron chi connectivity index (χ2n) is 4.69. The van der Waals surface area contributed by atoms with Gasteiger partial charge in [0.1, 0.15) is 35.3 Å². The molecule has 1 aliphatic heterocycles. The van der Waals surface area contributed by atoms with Crippen molar-refractivity contribution in [2.24, 2.45) is 0 Å². The lowest BCUT2D eigenvalue weighted by Crippen LogP contribution is -2.33. The van der Waals surface area contributed by atoms with Crippen LogP contribution in [-0.2, 0) is 4.74 Å². The molecule has 114 valence electrons. The summed E-state index contributed by atoms with van der Waals surface area (Å²) < 4.78 is 7.96. The molecule has 0 radical (unpaired) electrons. The van der Waals surface area contributed by atoms with E-state index in [9.17, 15) is 15.3 Å². The SMILES string of the molecule is CSc1ncnc2c1c(Br)cn2[C@H]1O[C@@H](CO)[C@@H](O)[C@H]1O. The summed E-state index contributed by atoms with van der Waals surface area (Å²) in [4.78, 5) is 8.45. The molecular formula is C12H14BrN3O4S. The van der Waals surface area contributed by atoms with Gasteiger partial charge in [-0.25, -0.2) is 9.97 Å². The number of fused-ring (bicyclic) bond motifs is 1. The topological polar surface area (TPSA) is 101 Å². The molecule has 0 saturated carbocycles. The quantitative estimate of drug-likeness (QED) is 0.531. The molecule has 0 unspecified atom stereocenters. The van der Waals surface area contributed by atoms with Crippen LogP contribution in [0, 0.1) is 0 Å². The first-order valence-electron chi connectivity index (χ1n) is 6.26. The van der Waals surface area contributed by atoms with Crippen LogP contribution in [0.3, 0.4) is 0 Å². The average molecular weight is 376 g/mol. The molecule has 9 heteroatoms. The van der Waals surface area contributed by atoms with Gasteiger partial charge in [-0.15, -0.1) is 11.8 Å². The van der Waals surface area contributed by atoms with Crippen molar-refractivity contribution in [3.05, 3.63) is 17.0 Å². The van der Waals surface area contributed by atoms with Crippen LogP contribution in [0.1, 0.15) is 6.23 Å². The summed E-state index contributed by atoms with van der Waals surface area (Å²) in [5, 5.41) is 30.8. The van der Waals surface area contributed by atoms with Crippen LogP contribution >= 0.6 is 27.7 Å². The third-order valence-electron chi connectivity index (χ3n) is 3.51. The first-order valence-corrected chi connectivity index (χ1v) is 8.27. The van der Waals surface area contributed by atoms with Crippen LogP contribution in [0.25, 0.3) is 11.0 Å². The molecule has 2 aromatic rings. The molecule has 1 saturated heterocycles. The molecule has 3 heterocycles. The molecular weight excluding hydrogens is 362 g/mol. The summed E-state index contributed by atoms with van der Waals surface area (Å²) in [6.07, 6.45) is 1.18. The lowest BCUT2D eigenvalue weighted by atomic mass is 10.1. The van der Waals surface area contributed by atoms with Crippen molar-refractivity contribution < 1.29 is 20.1 Å². The molecule has 4 atom stereocenters. The van der Waals surface area contributed by atoms with E-state index < -0.39 is 24.5 Å². The minimum atomic E-state index is -1.14. The van der Waals surface area contributed by atoms with Gasteiger partial charge in [0.25, 0.3) is 0 Å². The van der Waals surface area contributed by atoms with Gasteiger partial charge in [0.05, 0.1) is 12.0 Å². The predicted octanol–water partition coefficient (Wildman–Crippen LogP) is 0.527. The van der Waals surface area contributed by atoms with Gasteiger partial charge in [-0.05, 0) is 22.2 Å². The van der Waals surface area contributed by atoms with Gasteiger partial charge in [0.2, 0.25) is 0 Å². The van der Waals surface area contributed by atoms with E-state index in [2.05, 4.69) is 25.9 Å². The Hall–Kier alpha value is -0.710. The fourth-order valence-corrected chi connectivity index (χ4v) is 3.75. The zero-order chi connectivity index (χ0) is 15.1. The Labute approximate surface area is 133 Å². The van der Waals surface area contributed by atoms with E-state index in [-0.39, 0.29) is 6.61 Å². The Morgan fingerprint density at radius 2 is 2.14 bits per heavy atom. The minimum absolute atomic E-state index is 0.361. The highest BCUT2D eigenvalue weighted by molar-refractivity contribution is 9.10. The molecule has 0 aliphatic carbocycles. The van der Waals surface area contributed by atoms with Crippen LogP contribution in [0.2, 0.25) is 0 Å². The summed E-state index contributed by atoms with van der Waals surface area (Å²) in [6, 6.07) is 0. The second kappa shape index (κ2) is 5.82. The monoisotopic (exact) mass is 375 g/mol. The number of hydrogen-bond acceptors (Lipinski definition) is 7. The maximum atomic E-state index is 10.1. The number of nitrogens with zero attached hydrogens (tertiary/aromatic N) is 3. The number of aliphatic hydroxyl groups excluding tert-OH is 3. The maximum absolute atomic E-state index is 10.1. The fraction of sp³-hybridized carbons (Fsp3) is 0.500. The van der Waals surface area contributed by atoms with Crippen molar-refractivity contribution in [2.75, 3.05) is 12.9 Å². The van der Waals surface area contributed by atoms with E-state index in [1.807, 2.05) is 6.26 Å². The number of halogens is 1. The van der Waals surface area contributed by atoms with Crippen molar-refractivity contribution in [2.45, 2.75) is 29.6 Å². The number of rotatable bonds is 3. The summed E-state index contributed by atoms with van der Waals surface area (Å²) in [5.41, 5.74) is 0.594. The van der Waals surface area contributed by atoms with E-state index in [1.165, 1.54) is 18.1 Å². The normalized spacial score (nSPS) is 29.4. The Kier molecular flexibility index (Phi) is 4.21. The van der Waals surface area contributed by atoms with Crippen LogP contribution in [-0.4, -0.2) is 61.0 Å². The molecule has 0 amide bonds. The molecule has 1 fully saturated rings. The highest BCUT2D eigenvalue weighted by Crippen LogP contribution is 2.37. The molecule has 2 aromatic heterocycles. The third-order valence-corrected chi connectivity index (χ3v) is 4.81. The highest BCUT2D eigenvalue weighted by atomic mass is 79.9. The van der Waals surface area contributed by atoms with Crippen LogP contribution in [0.15, 0.2) is 22.0 Å². The number of ether oxygens (including phenoxy) is 1. The van der Waals surface area contributed by atoms with Gasteiger partial charge in [-0.2, -0.15) is 0 Å². The van der Waals surface area contributed by atoms with Gasteiger partial charge in [0, 0.05) is 10.7 Å². The zero-order valence-electron chi connectivity index (χ0n) is 11.0. The summed E-state index contributed by atoms with van der Waals surface area (Å²) in [7, 11) is 0. The molecule has 0 aromatic carbocycles. The number of hydrogen-bond donors (Lipinski definition) is 3. The average Bonchev–Trinajstić information content (AvgIpc) is 2.98. The van der Waals surface area contributed by atoms with Crippen LogP contribution in [0.4, 0.5) is 0 Å². The van der Waals surface area contributed by atoms with Crippen LogP contribution in [0.5, 0.6) is 0 Å². The first kappa shape index (κ1) is 15.2. The van der Waals surface area contributed by atoms with Crippen LogP contribution < -0.4 is 0 Å². The Morgan fingerprint density at radius 3 is 2.76 bits per heavy atom. The lowest BCUT2D eigenvalue weighted by Gasteiger charge is -2.17. The Balaban J connectivity index is 2.10. The molecule has 21 heavy (non-hydrogen) atoms. The van der Waals surface area contributed by atoms with Gasteiger partial charge in [-0.3, -0.25) is 0 Å². The molecule has 0 bridgehead atoms. The predicted molar refractivity (Wildman–Crippen MR) is 80.0 cm³/mol. The summed E-state index contributed by atoms with van der Waals surface area (Å²) >= 11 is 4.95. The van der Waals surface area contributed by atoms with Crippen molar-refractivity contribution in [3.8, 4) is 0 Å². The summed E-state index contributed by atoms with van der Waals surface area (Å²) in [5.74, 6) is 0. The smallest absolute Gasteiger partial charge is 0.164 e. The molecule has 1 aliphatic rings. The van der Waals surface area contributed by atoms with E-state index in [0.717, 1.165) is 14.9 Å². The van der Waals surface area contributed by atoms with Crippen molar-refractivity contribution in [1.29, 1.82) is 0 Å².